The van der Waals surface area contributed by atoms with Crippen LogP contribution in [0.15, 0.2) is 271 Å². The van der Waals surface area contributed by atoms with E-state index in [1.54, 1.807) is 0 Å². The fourth-order valence-corrected chi connectivity index (χ4v) is 12.5. The SMILES string of the molecule is CC1(C)c2ccccc2-c2ccc(N(c3cccc(-c4cccc(N(c5ccccc5)c5cccc(C6(c7ccccc7)c7ccccc7-c7ccccc76)c5)c4)c3)c3cccc4oc5ccccc5c34)cc21. The highest BCUT2D eigenvalue weighted by Crippen LogP contribution is 2.57. The first-order valence-corrected chi connectivity index (χ1v) is 25.3. The second-order valence-corrected chi connectivity index (χ2v) is 20.0. The molecular formula is C70H50N2O. The molecule has 0 spiro atoms. The van der Waals surface area contributed by atoms with Crippen LogP contribution in [-0.2, 0) is 10.8 Å². The molecule has 0 aliphatic heterocycles. The summed E-state index contributed by atoms with van der Waals surface area (Å²) in [6.45, 7) is 4.71. The van der Waals surface area contributed by atoms with Gasteiger partial charge < -0.3 is 14.2 Å². The fraction of sp³-hybridized carbons (Fsp3) is 0.0571. The molecule has 0 bridgehead atoms. The lowest BCUT2D eigenvalue weighted by molar-refractivity contribution is 0.660. The molecule has 346 valence electrons. The Morgan fingerprint density at radius 1 is 0.315 bits per heavy atom. The summed E-state index contributed by atoms with van der Waals surface area (Å²) in [4.78, 5) is 4.84. The van der Waals surface area contributed by atoms with Gasteiger partial charge in [-0.05, 0) is 146 Å². The maximum absolute atomic E-state index is 6.53. The van der Waals surface area contributed by atoms with Gasteiger partial charge in [0, 0.05) is 39.2 Å². The molecule has 2 aliphatic rings. The highest BCUT2D eigenvalue weighted by molar-refractivity contribution is 6.13. The van der Waals surface area contributed by atoms with Gasteiger partial charge in [-0.2, -0.15) is 0 Å². The van der Waals surface area contributed by atoms with Crippen molar-refractivity contribution in [2.45, 2.75) is 24.7 Å². The van der Waals surface area contributed by atoms with E-state index in [1.165, 1.54) is 55.6 Å². The predicted molar refractivity (Wildman–Crippen MR) is 303 cm³/mol. The van der Waals surface area contributed by atoms with E-state index < -0.39 is 5.41 Å². The lowest BCUT2D eigenvalue weighted by Crippen LogP contribution is -2.28. The number of hydrogen-bond acceptors (Lipinski definition) is 3. The molecule has 0 N–H and O–H groups in total. The molecule has 1 heterocycles. The van der Waals surface area contributed by atoms with Crippen molar-refractivity contribution in [2.24, 2.45) is 0 Å². The molecule has 0 radical (unpaired) electrons. The van der Waals surface area contributed by atoms with Crippen molar-refractivity contribution in [1.29, 1.82) is 0 Å². The van der Waals surface area contributed by atoms with E-state index in [0.717, 1.165) is 67.2 Å². The first-order chi connectivity index (χ1) is 36.0. The molecule has 3 heteroatoms. The largest absolute Gasteiger partial charge is 0.456 e. The van der Waals surface area contributed by atoms with Crippen LogP contribution in [0.1, 0.15) is 47.2 Å². The van der Waals surface area contributed by atoms with E-state index in [0.29, 0.717) is 0 Å². The third-order valence-electron chi connectivity index (χ3n) is 15.7. The average molecular weight is 935 g/mol. The molecule has 0 amide bonds. The Bertz CT molecular complexity index is 4050. The molecule has 3 nitrogen and oxygen atoms in total. The molecule has 11 aromatic carbocycles. The monoisotopic (exact) mass is 934 g/mol. The van der Waals surface area contributed by atoms with Gasteiger partial charge >= 0.3 is 0 Å². The van der Waals surface area contributed by atoms with Crippen LogP contribution in [0.5, 0.6) is 0 Å². The Hall–Kier alpha value is -9.18. The van der Waals surface area contributed by atoms with Crippen molar-refractivity contribution in [3.63, 3.8) is 0 Å². The van der Waals surface area contributed by atoms with E-state index in [-0.39, 0.29) is 5.41 Å². The van der Waals surface area contributed by atoms with Gasteiger partial charge in [-0.15, -0.1) is 0 Å². The summed E-state index contributed by atoms with van der Waals surface area (Å²) in [7, 11) is 0. The van der Waals surface area contributed by atoms with Gasteiger partial charge in [0.25, 0.3) is 0 Å². The summed E-state index contributed by atoms with van der Waals surface area (Å²) in [6, 6.07) is 97.7. The maximum atomic E-state index is 6.53. The van der Waals surface area contributed by atoms with Crippen LogP contribution in [0.3, 0.4) is 0 Å². The molecule has 2 aliphatic carbocycles. The van der Waals surface area contributed by atoms with Crippen molar-refractivity contribution in [1.82, 2.24) is 0 Å². The number of rotatable bonds is 9. The normalized spacial score (nSPS) is 13.6. The van der Waals surface area contributed by atoms with Crippen LogP contribution in [0.2, 0.25) is 0 Å². The number of benzene rings is 11. The van der Waals surface area contributed by atoms with Crippen molar-refractivity contribution >= 4 is 56.1 Å². The molecule has 0 unspecified atom stereocenters. The number of hydrogen-bond donors (Lipinski definition) is 0. The minimum Gasteiger partial charge on any atom is -0.456 e. The molecule has 14 rings (SSSR count). The Kier molecular flexibility index (Phi) is 9.78. The topological polar surface area (TPSA) is 19.6 Å². The summed E-state index contributed by atoms with van der Waals surface area (Å²) in [6.07, 6.45) is 0. The first kappa shape index (κ1) is 42.7. The van der Waals surface area contributed by atoms with Crippen LogP contribution in [0, 0.1) is 0 Å². The first-order valence-electron chi connectivity index (χ1n) is 25.3. The quantitative estimate of drug-likeness (QED) is 0.144. The average Bonchev–Trinajstić information content (AvgIpc) is 4.06. The van der Waals surface area contributed by atoms with Crippen LogP contribution < -0.4 is 9.80 Å². The van der Waals surface area contributed by atoms with Crippen molar-refractivity contribution in [2.75, 3.05) is 9.80 Å². The second kappa shape index (κ2) is 16.7. The lowest BCUT2D eigenvalue weighted by atomic mass is 9.67. The minimum absolute atomic E-state index is 0.164. The van der Waals surface area contributed by atoms with Crippen molar-refractivity contribution < 1.29 is 4.42 Å². The third kappa shape index (κ3) is 6.59. The van der Waals surface area contributed by atoms with Gasteiger partial charge in [-0.3, -0.25) is 0 Å². The Labute approximate surface area is 426 Å². The molecule has 0 saturated heterocycles. The van der Waals surface area contributed by atoms with Gasteiger partial charge in [-0.25, -0.2) is 0 Å². The van der Waals surface area contributed by atoms with E-state index in [4.69, 9.17) is 4.42 Å². The van der Waals surface area contributed by atoms with E-state index in [1.807, 2.05) is 6.07 Å². The molecule has 0 fully saturated rings. The predicted octanol–water partition coefficient (Wildman–Crippen LogP) is 18.9. The third-order valence-corrected chi connectivity index (χ3v) is 15.7. The second-order valence-electron chi connectivity index (χ2n) is 20.0. The molecule has 0 saturated carbocycles. The zero-order valence-corrected chi connectivity index (χ0v) is 40.7. The summed E-state index contributed by atoms with van der Waals surface area (Å²) in [5.41, 5.74) is 22.7. The summed E-state index contributed by atoms with van der Waals surface area (Å²) >= 11 is 0. The number of nitrogens with zero attached hydrogens (tertiary/aromatic N) is 2. The Balaban J connectivity index is 0.920. The maximum Gasteiger partial charge on any atom is 0.137 e. The van der Waals surface area contributed by atoms with Gasteiger partial charge in [-0.1, -0.05) is 202 Å². The fourth-order valence-electron chi connectivity index (χ4n) is 12.5. The van der Waals surface area contributed by atoms with Crippen LogP contribution in [0.4, 0.5) is 34.1 Å². The van der Waals surface area contributed by atoms with E-state index in [2.05, 4.69) is 285 Å². The standard InChI is InChI=1S/C70H50N2O/c1-69(2)61-35-13-9-31-56(61)59-42-41-55(46-64(59)69)72(65-38-20-40-67-68(65)60-34-12-16-39-66(60)73-67)53-29-18-22-48(44-53)47-21-17-28-52(43-47)71(51-26-7-4-8-27-51)54-30-19-25-50(45-54)70(49-23-5-3-6-24-49)62-36-14-10-32-57(62)58-33-11-15-37-63(58)70/h3-46H,1-2H3. The number of furan rings is 1. The zero-order valence-electron chi connectivity index (χ0n) is 40.7. The summed E-state index contributed by atoms with van der Waals surface area (Å²) in [5.74, 6) is 0. The van der Waals surface area contributed by atoms with E-state index >= 15 is 0 Å². The summed E-state index contributed by atoms with van der Waals surface area (Å²) in [5, 5.41) is 2.19. The highest BCUT2D eigenvalue weighted by atomic mass is 16.3. The van der Waals surface area contributed by atoms with Crippen molar-refractivity contribution in [3.05, 3.63) is 300 Å². The minimum atomic E-state index is -0.521. The zero-order chi connectivity index (χ0) is 48.7. The molecule has 73 heavy (non-hydrogen) atoms. The number of anilines is 6. The highest BCUT2D eigenvalue weighted by Gasteiger charge is 2.46. The van der Waals surface area contributed by atoms with Crippen LogP contribution >= 0.6 is 0 Å². The smallest absolute Gasteiger partial charge is 0.137 e. The lowest BCUT2D eigenvalue weighted by Gasteiger charge is -2.35. The van der Waals surface area contributed by atoms with Gasteiger partial charge in [0.2, 0.25) is 0 Å². The molecule has 12 aromatic rings. The summed E-state index contributed by atoms with van der Waals surface area (Å²) < 4.78 is 6.53. The van der Waals surface area contributed by atoms with Crippen LogP contribution in [-0.4, -0.2) is 0 Å². The molecule has 0 atom stereocenters. The van der Waals surface area contributed by atoms with Gasteiger partial charge in [0.05, 0.1) is 16.5 Å². The molecular weight excluding hydrogens is 885 g/mol. The van der Waals surface area contributed by atoms with E-state index in [9.17, 15) is 0 Å². The van der Waals surface area contributed by atoms with Gasteiger partial charge in [0.15, 0.2) is 0 Å². The number of fused-ring (bicyclic) bond motifs is 9. The Morgan fingerprint density at radius 2 is 0.795 bits per heavy atom. The van der Waals surface area contributed by atoms with Crippen LogP contribution in [0.25, 0.3) is 55.3 Å². The Morgan fingerprint density at radius 3 is 1.49 bits per heavy atom. The van der Waals surface area contributed by atoms with Gasteiger partial charge in [0.1, 0.15) is 11.2 Å². The number of para-hydroxylation sites is 2. The molecule has 1 aromatic heterocycles. The van der Waals surface area contributed by atoms with Crippen molar-refractivity contribution in [3.8, 4) is 33.4 Å².